The molecule has 2 aliphatic rings. The molecule has 0 saturated heterocycles. The minimum atomic E-state index is -0.438. The third-order valence-corrected chi connectivity index (χ3v) is 11.5. The Balaban J connectivity index is 0.000000184. The summed E-state index contributed by atoms with van der Waals surface area (Å²) in [6.07, 6.45) is 4.63. The van der Waals surface area contributed by atoms with Gasteiger partial charge in [-0.15, -0.1) is 0 Å². The van der Waals surface area contributed by atoms with E-state index in [0.717, 1.165) is 38.7 Å². The molecule has 8 rings (SSSR count). The van der Waals surface area contributed by atoms with Crippen molar-refractivity contribution in [3.8, 4) is 23.0 Å². The van der Waals surface area contributed by atoms with Crippen LogP contribution in [0.2, 0.25) is 20.1 Å². The van der Waals surface area contributed by atoms with Crippen LogP contribution in [0.5, 0.6) is 23.0 Å². The van der Waals surface area contributed by atoms with Crippen molar-refractivity contribution in [1.82, 2.24) is 0 Å². The zero-order valence-electron chi connectivity index (χ0n) is 36.0. The van der Waals surface area contributed by atoms with E-state index in [1.165, 1.54) is 20.3 Å². The average molecular weight is 1050 g/mol. The van der Waals surface area contributed by atoms with Crippen molar-refractivity contribution in [2.75, 3.05) is 27.4 Å². The molecule has 15 heteroatoms. The standard InChI is InChI=1S/C26H20Cl2O5.C16H10Cl2O2.C10H11BrO3/c1-31-25(29)15-33-22-4-2-16(3-5-22)14-32-23-6-7-24-18(12-23)11-19(26(24)30)8-17-9-20(27)13-21(28)10-17;17-12-4-9(5-13(18)8-12)3-11-6-10-7-14(19)1-2-15(10)16(11)20;1-13-10(12)7-14-9-4-2-8(6-11)3-5-9/h2-10,12-13H,11,14-15H2,1H3;1-5,7-8,19H,6H2;2-5H,6-7H2,1H3/b19-8+;11-3+;. The maximum Gasteiger partial charge on any atom is 0.343 e. The van der Waals surface area contributed by atoms with Gasteiger partial charge in [0.25, 0.3) is 0 Å². The third-order valence-electron chi connectivity index (χ3n) is 10.0. The molecule has 0 amide bonds. The quantitative estimate of drug-likeness (QED) is 0.0717. The van der Waals surface area contributed by atoms with Crippen LogP contribution in [0.4, 0.5) is 0 Å². The first kappa shape index (κ1) is 50.3. The number of carbonyl (C=O) groups is 4. The Bertz CT molecular complexity index is 2800. The highest BCUT2D eigenvalue weighted by atomic mass is 79.9. The van der Waals surface area contributed by atoms with E-state index < -0.39 is 5.97 Å². The summed E-state index contributed by atoms with van der Waals surface area (Å²) in [7, 11) is 2.65. The molecule has 6 aromatic carbocycles. The number of halogens is 5. The maximum absolute atomic E-state index is 12.8. The molecule has 0 bridgehead atoms. The monoisotopic (exact) mass is 1040 g/mol. The number of alkyl halides is 1. The molecule has 0 fully saturated rings. The predicted molar refractivity (Wildman–Crippen MR) is 264 cm³/mol. The number of hydrogen-bond acceptors (Lipinski definition) is 10. The van der Waals surface area contributed by atoms with E-state index in [0.29, 0.717) is 79.1 Å². The number of allylic oxidation sites excluding steroid dienone is 2. The van der Waals surface area contributed by atoms with Crippen LogP contribution in [-0.2, 0) is 43.8 Å². The lowest BCUT2D eigenvalue weighted by Crippen LogP contribution is -2.12. The van der Waals surface area contributed by atoms with Gasteiger partial charge >= 0.3 is 11.9 Å². The summed E-state index contributed by atoms with van der Waals surface area (Å²) >= 11 is 27.4. The molecule has 0 saturated carbocycles. The largest absolute Gasteiger partial charge is 0.508 e. The lowest BCUT2D eigenvalue weighted by atomic mass is 10.1. The number of fused-ring (bicyclic) bond motifs is 2. The van der Waals surface area contributed by atoms with Crippen LogP contribution >= 0.6 is 62.3 Å². The van der Waals surface area contributed by atoms with Crippen molar-refractivity contribution in [2.45, 2.75) is 24.8 Å². The first-order valence-electron chi connectivity index (χ1n) is 20.3. The molecule has 0 aliphatic heterocycles. The fourth-order valence-electron chi connectivity index (χ4n) is 6.77. The molecule has 2 aliphatic carbocycles. The SMILES string of the molecule is COC(=O)COc1ccc(CBr)cc1.COC(=O)COc1ccc(COc2ccc3c(c2)C/C(=C\c2cc(Cl)cc(Cl)c2)C3=O)cc1.O=C1/C(=C/c2cc(Cl)cc(Cl)c2)Cc2cc(O)ccc21. The van der Waals surface area contributed by atoms with Crippen LogP contribution in [0.1, 0.15) is 54.1 Å². The van der Waals surface area contributed by atoms with E-state index >= 15 is 0 Å². The number of methoxy groups -OCH3 is 2. The van der Waals surface area contributed by atoms with Gasteiger partial charge in [-0.2, -0.15) is 0 Å². The number of esters is 2. The number of ether oxygens (including phenoxy) is 5. The van der Waals surface area contributed by atoms with E-state index in [9.17, 15) is 24.3 Å². The molecule has 0 radical (unpaired) electrons. The average Bonchev–Trinajstić information content (AvgIpc) is 3.78. The first-order chi connectivity index (χ1) is 32.2. The van der Waals surface area contributed by atoms with E-state index in [1.807, 2.05) is 48.5 Å². The normalized spacial score (nSPS) is 13.4. The van der Waals surface area contributed by atoms with E-state index in [2.05, 4.69) is 25.4 Å². The second-order valence-electron chi connectivity index (χ2n) is 14.9. The summed E-state index contributed by atoms with van der Waals surface area (Å²) in [4.78, 5) is 47.0. The minimum absolute atomic E-state index is 0.00445. The number of carbonyl (C=O) groups excluding carboxylic acids is 4. The van der Waals surface area contributed by atoms with Gasteiger partial charge in [0.1, 0.15) is 29.6 Å². The van der Waals surface area contributed by atoms with Crippen molar-refractivity contribution >= 4 is 98.0 Å². The van der Waals surface area contributed by atoms with Gasteiger partial charge in [0.2, 0.25) is 0 Å². The molecule has 67 heavy (non-hydrogen) atoms. The number of phenolic OH excluding ortho intramolecular Hbond substituents is 1. The molecule has 1 N–H and O–H groups in total. The molecule has 0 atom stereocenters. The zero-order chi connectivity index (χ0) is 48.0. The molecule has 0 unspecified atom stereocenters. The number of hydrogen-bond donors (Lipinski definition) is 1. The Morgan fingerprint density at radius 3 is 1.42 bits per heavy atom. The second-order valence-corrected chi connectivity index (χ2v) is 17.2. The molecule has 344 valence electrons. The topological polar surface area (TPSA) is 135 Å². The number of ketones is 2. The summed E-state index contributed by atoms with van der Waals surface area (Å²) in [6.45, 7) is 0.166. The molecule has 0 spiro atoms. The number of benzene rings is 6. The predicted octanol–water partition coefficient (Wildman–Crippen LogP) is 12.6. The van der Waals surface area contributed by atoms with Gasteiger partial charge in [0.05, 0.1) is 14.2 Å². The highest BCUT2D eigenvalue weighted by Crippen LogP contribution is 2.33. The third kappa shape index (κ3) is 14.7. The fraction of sp³-hybridized carbons (Fsp3) is 0.154. The van der Waals surface area contributed by atoms with Gasteiger partial charge in [-0.1, -0.05) is 86.6 Å². The summed E-state index contributed by atoms with van der Waals surface area (Å²) in [6, 6.07) is 35.4. The number of Topliss-reactive ketones (excluding diaryl/α,β-unsaturated/α-hetero) is 2. The summed E-state index contributed by atoms with van der Waals surface area (Å²) < 4.78 is 25.4. The van der Waals surface area contributed by atoms with Gasteiger partial charge < -0.3 is 28.8 Å². The Morgan fingerprint density at radius 1 is 0.552 bits per heavy atom. The summed E-state index contributed by atoms with van der Waals surface area (Å²) in [5.41, 5.74) is 8.12. The maximum atomic E-state index is 12.8. The molecule has 10 nitrogen and oxygen atoms in total. The van der Waals surface area contributed by atoms with Crippen LogP contribution in [0, 0.1) is 0 Å². The van der Waals surface area contributed by atoms with Crippen LogP contribution < -0.4 is 14.2 Å². The number of phenols is 1. The Hall–Kier alpha value is -6.08. The Kier molecular flexibility index (Phi) is 18.1. The summed E-state index contributed by atoms with van der Waals surface area (Å²) in [5, 5.41) is 12.4. The minimum Gasteiger partial charge on any atom is -0.508 e. The van der Waals surface area contributed by atoms with Gasteiger partial charge in [0, 0.05) is 60.5 Å². The van der Waals surface area contributed by atoms with Gasteiger partial charge in [-0.05, 0) is 143 Å². The van der Waals surface area contributed by atoms with Crippen LogP contribution in [0.3, 0.4) is 0 Å². The van der Waals surface area contributed by atoms with Crippen molar-refractivity contribution in [3.63, 3.8) is 0 Å². The van der Waals surface area contributed by atoms with E-state index in [-0.39, 0.29) is 36.5 Å². The van der Waals surface area contributed by atoms with Crippen LogP contribution in [0.15, 0.2) is 132 Å². The molecular weight excluding hydrogens is 1010 g/mol. The second kappa shape index (κ2) is 24.1. The van der Waals surface area contributed by atoms with E-state index in [4.69, 9.17) is 60.6 Å². The van der Waals surface area contributed by atoms with Crippen molar-refractivity contribution in [3.05, 3.63) is 197 Å². The smallest absolute Gasteiger partial charge is 0.343 e. The zero-order valence-corrected chi connectivity index (χ0v) is 40.6. The molecular formula is C52H41BrCl4O10. The highest BCUT2D eigenvalue weighted by molar-refractivity contribution is 9.08. The lowest BCUT2D eigenvalue weighted by Gasteiger charge is -2.09. The highest BCUT2D eigenvalue weighted by Gasteiger charge is 2.26. The van der Waals surface area contributed by atoms with Crippen molar-refractivity contribution in [1.29, 1.82) is 0 Å². The van der Waals surface area contributed by atoms with Crippen molar-refractivity contribution in [2.24, 2.45) is 0 Å². The van der Waals surface area contributed by atoms with Gasteiger partial charge in [-0.25, -0.2) is 9.59 Å². The number of aromatic hydroxyl groups is 1. The molecule has 0 aromatic heterocycles. The van der Waals surface area contributed by atoms with Crippen LogP contribution in [0.25, 0.3) is 12.2 Å². The Morgan fingerprint density at radius 2 is 0.970 bits per heavy atom. The molecule has 0 heterocycles. The first-order valence-corrected chi connectivity index (χ1v) is 23.0. The van der Waals surface area contributed by atoms with Crippen LogP contribution in [-0.4, -0.2) is 56.0 Å². The molecule has 6 aromatic rings. The van der Waals surface area contributed by atoms with Gasteiger partial charge in [-0.3, -0.25) is 9.59 Å². The van der Waals surface area contributed by atoms with Gasteiger partial charge in [0.15, 0.2) is 24.8 Å². The summed E-state index contributed by atoms with van der Waals surface area (Å²) in [5.74, 6) is 1.25. The fourth-order valence-corrected chi connectivity index (χ4v) is 8.23. The Labute approximate surface area is 415 Å². The van der Waals surface area contributed by atoms with E-state index in [1.54, 1.807) is 78.9 Å². The lowest BCUT2D eigenvalue weighted by molar-refractivity contribution is -0.143. The van der Waals surface area contributed by atoms with Crippen molar-refractivity contribution < 1.29 is 48.0 Å². The number of rotatable bonds is 12.